The number of rotatable bonds is 6. The van der Waals surface area contributed by atoms with Crippen LogP contribution in [-0.4, -0.2) is 24.7 Å². The van der Waals surface area contributed by atoms with Crippen molar-refractivity contribution in [2.24, 2.45) is 0 Å². The number of thiazole rings is 1. The Hall–Kier alpha value is -4.03. The monoisotopic (exact) mass is 551 g/mol. The van der Waals surface area contributed by atoms with Crippen molar-refractivity contribution in [2.75, 3.05) is 19.5 Å². The molecule has 3 aromatic carbocycles. The first kappa shape index (κ1) is 26.0. The summed E-state index contributed by atoms with van der Waals surface area (Å²) in [5, 5.41) is 13.2. The van der Waals surface area contributed by atoms with Crippen LogP contribution in [-0.2, 0) is 4.79 Å². The Bertz CT molecular complexity index is 1710. The van der Waals surface area contributed by atoms with Crippen molar-refractivity contribution >= 4 is 57.8 Å². The van der Waals surface area contributed by atoms with E-state index in [-0.39, 0.29) is 26.5 Å². The van der Waals surface area contributed by atoms with Crippen LogP contribution in [0.4, 0.5) is 5.69 Å². The average molecular weight is 552 g/mol. The van der Waals surface area contributed by atoms with Gasteiger partial charge in [-0.25, -0.2) is 0 Å². The number of halogens is 2. The van der Waals surface area contributed by atoms with Crippen molar-refractivity contribution in [2.45, 2.75) is 0 Å². The van der Waals surface area contributed by atoms with E-state index < -0.39 is 5.91 Å². The molecule has 0 aliphatic carbocycles. The Morgan fingerprint density at radius 3 is 2.43 bits per heavy atom. The minimum atomic E-state index is -0.727. The summed E-state index contributed by atoms with van der Waals surface area (Å²) >= 11 is 13.2. The first-order chi connectivity index (χ1) is 17.9. The molecule has 4 rings (SSSR count). The zero-order valence-corrected chi connectivity index (χ0v) is 21.9. The van der Waals surface area contributed by atoms with E-state index in [1.807, 2.05) is 6.07 Å². The summed E-state index contributed by atoms with van der Waals surface area (Å²) in [5.74, 6) is 0.318. The van der Waals surface area contributed by atoms with E-state index in [2.05, 4.69) is 5.32 Å². The Balaban J connectivity index is 1.95. The van der Waals surface area contributed by atoms with E-state index in [9.17, 15) is 14.9 Å². The van der Waals surface area contributed by atoms with Gasteiger partial charge in [0.1, 0.15) is 10.7 Å². The minimum Gasteiger partial charge on any atom is -0.493 e. The van der Waals surface area contributed by atoms with Gasteiger partial charge in [-0.3, -0.25) is 14.2 Å². The fraction of sp³-hybridized carbons (Fsp3) is 0.0741. The quantitative estimate of drug-likeness (QED) is 0.384. The summed E-state index contributed by atoms with van der Waals surface area (Å²) < 4.78 is 12.5. The van der Waals surface area contributed by atoms with Crippen molar-refractivity contribution in [1.29, 1.82) is 5.26 Å². The maximum absolute atomic E-state index is 13.6. The standard InChI is InChI=1S/C27H19Cl2N3O4S/c1-35-22-11-8-16(12-23(22)36-2)13-24-26(34)32(18-6-4-3-5-7-18)27(37-24)19(15-30)25(33)31-21-14-17(28)9-10-20(21)29/h3-14H,1-2H3,(H,31,33)/b24-13+,27-19-. The highest BCUT2D eigenvalue weighted by atomic mass is 35.5. The second-order valence-corrected chi connectivity index (χ2v) is 9.45. The summed E-state index contributed by atoms with van der Waals surface area (Å²) in [4.78, 5) is 26.8. The fourth-order valence-corrected chi connectivity index (χ4v) is 4.97. The Kier molecular flexibility index (Phi) is 7.99. The van der Waals surface area contributed by atoms with Gasteiger partial charge in [0.05, 0.1) is 35.1 Å². The molecule has 0 radical (unpaired) electrons. The molecule has 1 N–H and O–H groups in total. The van der Waals surface area contributed by atoms with E-state index >= 15 is 0 Å². The van der Waals surface area contributed by atoms with E-state index in [1.54, 1.807) is 60.7 Å². The summed E-state index contributed by atoms with van der Waals surface area (Å²) in [5.41, 5.74) is 0.786. The average Bonchev–Trinajstić information content (AvgIpc) is 3.22. The van der Waals surface area contributed by atoms with Crippen LogP contribution < -0.4 is 29.5 Å². The van der Waals surface area contributed by atoms with Gasteiger partial charge in [0.15, 0.2) is 17.1 Å². The Morgan fingerprint density at radius 2 is 1.76 bits per heavy atom. The van der Waals surface area contributed by atoms with E-state index in [0.717, 1.165) is 11.3 Å². The van der Waals surface area contributed by atoms with Gasteiger partial charge in [-0.05, 0) is 54.1 Å². The molecule has 0 aliphatic heterocycles. The van der Waals surface area contributed by atoms with Crippen LogP contribution in [0.2, 0.25) is 10.0 Å². The molecule has 10 heteroatoms. The van der Waals surface area contributed by atoms with Gasteiger partial charge in [0.25, 0.3) is 11.5 Å². The number of carbonyl (C=O) groups excluding carboxylic acids is 1. The summed E-state index contributed by atoms with van der Waals surface area (Å²) in [6.45, 7) is 0. The molecule has 0 saturated heterocycles. The maximum Gasteiger partial charge on any atom is 0.273 e. The number of aromatic nitrogens is 1. The molecule has 1 heterocycles. The van der Waals surface area contributed by atoms with Crippen LogP contribution in [0.25, 0.3) is 17.3 Å². The molecule has 186 valence electrons. The highest BCUT2D eigenvalue weighted by Gasteiger charge is 2.18. The third-order valence-corrected chi connectivity index (χ3v) is 6.93. The van der Waals surface area contributed by atoms with Crippen molar-refractivity contribution in [3.8, 4) is 23.3 Å². The SMILES string of the molecule is COc1ccc(/C=c2/s/c(=C(/C#N)C(=O)Nc3cc(Cl)ccc3Cl)n(-c3ccccc3)c2=O)cc1OC. The summed E-state index contributed by atoms with van der Waals surface area (Å²) in [7, 11) is 3.05. The zero-order valence-electron chi connectivity index (χ0n) is 19.6. The van der Waals surface area contributed by atoms with Gasteiger partial charge in [-0.2, -0.15) is 5.26 Å². The molecule has 0 bridgehead atoms. The lowest BCUT2D eigenvalue weighted by molar-refractivity contribution is -0.111. The van der Waals surface area contributed by atoms with Crippen LogP contribution >= 0.6 is 34.5 Å². The number of nitriles is 1. The topological polar surface area (TPSA) is 93.4 Å². The molecule has 0 saturated carbocycles. The number of anilines is 1. The van der Waals surface area contributed by atoms with Crippen LogP contribution in [0.3, 0.4) is 0 Å². The van der Waals surface area contributed by atoms with Crippen LogP contribution in [0.15, 0.2) is 71.5 Å². The third-order valence-electron chi connectivity index (χ3n) is 5.27. The molecule has 4 aromatic rings. The van der Waals surface area contributed by atoms with Crippen molar-refractivity contribution in [1.82, 2.24) is 4.57 Å². The number of ether oxygens (including phenoxy) is 2. The normalized spacial score (nSPS) is 12.0. The zero-order chi connectivity index (χ0) is 26.5. The van der Waals surface area contributed by atoms with Crippen molar-refractivity contribution in [3.63, 3.8) is 0 Å². The minimum absolute atomic E-state index is 0.168. The number of benzene rings is 3. The predicted octanol–water partition coefficient (Wildman–Crippen LogP) is 4.36. The largest absolute Gasteiger partial charge is 0.493 e. The Labute approximate surface area is 226 Å². The second kappa shape index (κ2) is 11.4. The molecule has 1 amide bonds. The van der Waals surface area contributed by atoms with Gasteiger partial charge in [0, 0.05) is 5.02 Å². The van der Waals surface area contributed by atoms with Crippen LogP contribution in [0.5, 0.6) is 11.5 Å². The number of hydrogen-bond donors (Lipinski definition) is 1. The highest BCUT2D eigenvalue weighted by molar-refractivity contribution is 7.07. The second-order valence-electron chi connectivity index (χ2n) is 7.57. The van der Waals surface area contributed by atoms with E-state index in [1.165, 1.54) is 30.9 Å². The number of hydrogen-bond acceptors (Lipinski definition) is 6. The van der Waals surface area contributed by atoms with Gasteiger partial charge in [-0.1, -0.05) is 47.5 Å². The molecule has 0 spiro atoms. The van der Waals surface area contributed by atoms with Gasteiger partial charge < -0.3 is 14.8 Å². The number of amides is 1. The van der Waals surface area contributed by atoms with E-state index in [0.29, 0.717) is 32.3 Å². The highest BCUT2D eigenvalue weighted by Crippen LogP contribution is 2.28. The lowest BCUT2D eigenvalue weighted by Crippen LogP contribution is -2.32. The van der Waals surface area contributed by atoms with Gasteiger partial charge in [-0.15, -0.1) is 11.3 Å². The predicted molar refractivity (Wildman–Crippen MR) is 146 cm³/mol. The molecule has 0 atom stereocenters. The smallest absolute Gasteiger partial charge is 0.273 e. The van der Waals surface area contributed by atoms with Crippen LogP contribution in [0, 0.1) is 11.3 Å². The summed E-state index contributed by atoms with van der Waals surface area (Å²) in [6.07, 6.45) is 1.67. The Morgan fingerprint density at radius 1 is 1.03 bits per heavy atom. The first-order valence-electron chi connectivity index (χ1n) is 10.8. The molecule has 0 aliphatic rings. The summed E-state index contributed by atoms with van der Waals surface area (Å²) in [6, 6.07) is 20.5. The molecular weight excluding hydrogens is 533 g/mol. The molecule has 0 unspecified atom stereocenters. The fourth-order valence-electron chi connectivity index (χ4n) is 3.53. The third kappa shape index (κ3) is 5.54. The van der Waals surface area contributed by atoms with E-state index in [4.69, 9.17) is 32.7 Å². The number of para-hydroxylation sites is 1. The molecular formula is C27H19Cl2N3O4S. The van der Waals surface area contributed by atoms with Crippen molar-refractivity contribution < 1.29 is 14.3 Å². The number of methoxy groups -OCH3 is 2. The van der Waals surface area contributed by atoms with Gasteiger partial charge >= 0.3 is 0 Å². The first-order valence-corrected chi connectivity index (χ1v) is 12.4. The molecule has 0 fully saturated rings. The lowest BCUT2D eigenvalue weighted by atomic mass is 10.2. The van der Waals surface area contributed by atoms with Gasteiger partial charge in [0.2, 0.25) is 0 Å². The molecule has 37 heavy (non-hydrogen) atoms. The van der Waals surface area contributed by atoms with Crippen molar-refractivity contribution in [3.05, 3.63) is 102 Å². The lowest BCUT2D eigenvalue weighted by Gasteiger charge is -2.07. The molecule has 1 aromatic heterocycles. The maximum atomic E-state index is 13.6. The van der Waals surface area contributed by atoms with Crippen LogP contribution in [0.1, 0.15) is 5.56 Å². The number of nitrogens with zero attached hydrogens (tertiary/aromatic N) is 2. The number of nitrogens with one attached hydrogen (secondary N) is 1. The number of carbonyl (C=O) groups is 1. The molecule has 7 nitrogen and oxygen atoms in total.